The van der Waals surface area contributed by atoms with E-state index in [2.05, 4.69) is 21.2 Å². The Bertz CT molecular complexity index is 608. The Morgan fingerprint density at radius 1 is 1.10 bits per heavy atom. The number of rotatable bonds is 3. The molecule has 0 aliphatic heterocycles. The predicted octanol–water partition coefficient (Wildman–Crippen LogP) is 5.25. The summed E-state index contributed by atoms with van der Waals surface area (Å²) in [6, 6.07) is 12.5. The number of hydrogen-bond acceptors (Lipinski definition) is 1. The molecular formula is C15H12BrCl2NO. The lowest BCUT2D eigenvalue weighted by atomic mass is 10.1. The van der Waals surface area contributed by atoms with Crippen LogP contribution in [0, 0.1) is 0 Å². The van der Waals surface area contributed by atoms with Gasteiger partial charge in [-0.3, -0.25) is 4.79 Å². The maximum absolute atomic E-state index is 12.2. The average molecular weight is 373 g/mol. The third-order valence-electron chi connectivity index (χ3n) is 2.84. The summed E-state index contributed by atoms with van der Waals surface area (Å²) >= 11 is 15.2. The van der Waals surface area contributed by atoms with E-state index in [1.807, 2.05) is 31.2 Å². The SMILES string of the molecule is CC(NC(=O)c1cc(Cl)cc(Cl)c1)c1ccc(Br)cc1. The van der Waals surface area contributed by atoms with Crippen LogP contribution in [0.3, 0.4) is 0 Å². The maximum atomic E-state index is 12.2. The highest BCUT2D eigenvalue weighted by atomic mass is 79.9. The molecule has 0 saturated heterocycles. The second-order valence-electron chi connectivity index (χ2n) is 4.40. The van der Waals surface area contributed by atoms with Gasteiger partial charge < -0.3 is 5.32 Å². The molecule has 2 nitrogen and oxygen atoms in total. The standard InChI is InChI=1S/C15H12BrCl2NO/c1-9(10-2-4-12(16)5-3-10)19-15(20)11-6-13(17)8-14(18)7-11/h2-9H,1H3,(H,19,20). The summed E-state index contributed by atoms with van der Waals surface area (Å²) in [6.45, 7) is 1.92. The van der Waals surface area contributed by atoms with Gasteiger partial charge in [0.15, 0.2) is 0 Å². The van der Waals surface area contributed by atoms with E-state index in [1.54, 1.807) is 18.2 Å². The summed E-state index contributed by atoms with van der Waals surface area (Å²) in [7, 11) is 0. The summed E-state index contributed by atoms with van der Waals surface area (Å²) in [5.41, 5.74) is 1.47. The van der Waals surface area contributed by atoms with E-state index in [9.17, 15) is 4.79 Å². The smallest absolute Gasteiger partial charge is 0.251 e. The lowest BCUT2D eigenvalue weighted by Crippen LogP contribution is -2.26. The Labute approximate surface area is 136 Å². The van der Waals surface area contributed by atoms with E-state index in [1.165, 1.54) is 0 Å². The molecule has 2 aromatic rings. The Morgan fingerprint density at radius 3 is 2.20 bits per heavy atom. The third-order valence-corrected chi connectivity index (χ3v) is 3.81. The topological polar surface area (TPSA) is 29.1 Å². The molecule has 104 valence electrons. The van der Waals surface area contributed by atoms with Crippen molar-refractivity contribution in [3.8, 4) is 0 Å². The molecule has 5 heteroatoms. The first-order valence-corrected chi connectivity index (χ1v) is 7.53. The summed E-state index contributed by atoms with van der Waals surface area (Å²) in [4.78, 5) is 12.2. The number of carbonyl (C=O) groups is 1. The Balaban J connectivity index is 2.12. The van der Waals surface area contributed by atoms with E-state index < -0.39 is 0 Å². The molecule has 0 aromatic heterocycles. The zero-order valence-corrected chi connectivity index (χ0v) is 13.8. The van der Waals surface area contributed by atoms with E-state index in [-0.39, 0.29) is 11.9 Å². The largest absolute Gasteiger partial charge is 0.346 e. The van der Waals surface area contributed by atoms with Crippen LogP contribution in [0.15, 0.2) is 46.9 Å². The van der Waals surface area contributed by atoms with Gasteiger partial charge in [-0.05, 0) is 42.8 Å². The molecule has 0 aliphatic rings. The van der Waals surface area contributed by atoms with Gasteiger partial charge in [-0.2, -0.15) is 0 Å². The van der Waals surface area contributed by atoms with Gasteiger partial charge in [0.25, 0.3) is 5.91 Å². The molecule has 0 fully saturated rings. The first kappa shape index (κ1) is 15.4. The molecule has 2 aromatic carbocycles. The van der Waals surface area contributed by atoms with Crippen LogP contribution in [0.25, 0.3) is 0 Å². The fourth-order valence-electron chi connectivity index (χ4n) is 1.80. The van der Waals surface area contributed by atoms with E-state index in [4.69, 9.17) is 23.2 Å². The Kier molecular flexibility index (Phi) is 5.08. The minimum atomic E-state index is -0.204. The zero-order valence-electron chi connectivity index (χ0n) is 10.7. The van der Waals surface area contributed by atoms with Crippen molar-refractivity contribution in [3.63, 3.8) is 0 Å². The monoisotopic (exact) mass is 371 g/mol. The summed E-state index contributed by atoms with van der Waals surface area (Å²) in [5, 5.41) is 3.80. The van der Waals surface area contributed by atoms with Crippen LogP contribution in [-0.2, 0) is 0 Å². The second kappa shape index (κ2) is 6.61. The highest BCUT2D eigenvalue weighted by Crippen LogP contribution is 2.21. The zero-order chi connectivity index (χ0) is 14.7. The van der Waals surface area contributed by atoms with Crippen molar-refractivity contribution in [1.82, 2.24) is 5.32 Å². The molecule has 1 atom stereocenters. The van der Waals surface area contributed by atoms with Crippen LogP contribution in [0.1, 0.15) is 28.9 Å². The highest BCUT2D eigenvalue weighted by molar-refractivity contribution is 9.10. The third kappa shape index (κ3) is 3.98. The number of amides is 1. The molecule has 0 aliphatic carbocycles. The average Bonchev–Trinajstić information content (AvgIpc) is 2.38. The highest BCUT2D eigenvalue weighted by Gasteiger charge is 2.12. The molecule has 1 unspecified atom stereocenters. The van der Waals surface area contributed by atoms with Gasteiger partial charge in [-0.25, -0.2) is 0 Å². The normalized spacial score (nSPS) is 12.0. The van der Waals surface area contributed by atoms with Crippen molar-refractivity contribution >= 4 is 45.0 Å². The predicted molar refractivity (Wildman–Crippen MR) is 86.5 cm³/mol. The van der Waals surface area contributed by atoms with Crippen molar-refractivity contribution < 1.29 is 4.79 Å². The number of carbonyl (C=O) groups excluding carboxylic acids is 1. The molecule has 0 heterocycles. The number of hydrogen-bond donors (Lipinski definition) is 1. The van der Waals surface area contributed by atoms with Gasteiger partial charge in [0, 0.05) is 20.1 Å². The lowest BCUT2D eigenvalue weighted by molar-refractivity contribution is 0.0940. The van der Waals surface area contributed by atoms with Crippen molar-refractivity contribution in [2.75, 3.05) is 0 Å². The van der Waals surface area contributed by atoms with Gasteiger partial charge in [0.2, 0.25) is 0 Å². The summed E-state index contributed by atoms with van der Waals surface area (Å²) in [5.74, 6) is -0.204. The fourth-order valence-corrected chi connectivity index (χ4v) is 2.59. The molecule has 1 amide bonds. The van der Waals surface area contributed by atoms with Crippen LogP contribution in [0.2, 0.25) is 10.0 Å². The van der Waals surface area contributed by atoms with Gasteiger partial charge in [-0.1, -0.05) is 51.3 Å². The van der Waals surface area contributed by atoms with Crippen LogP contribution < -0.4 is 5.32 Å². The summed E-state index contributed by atoms with van der Waals surface area (Å²) in [6.07, 6.45) is 0. The van der Waals surface area contributed by atoms with Crippen LogP contribution in [0.5, 0.6) is 0 Å². The molecule has 0 spiro atoms. The number of halogens is 3. The molecule has 0 saturated carbocycles. The summed E-state index contributed by atoms with van der Waals surface area (Å²) < 4.78 is 1.00. The van der Waals surface area contributed by atoms with Crippen molar-refractivity contribution in [1.29, 1.82) is 0 Å². The molecule has 20 heavy (non-hydrogen) atoms. The second-order valence-corrected chi connectivity index (χ2v) is 6.19. The lowest BCUT2D eigenvalue weighted by Gasteiger charge is -2.14. The van der Waals surface area contributed by atoms with Crippen molar-refractivity contribution in [2.45, 2.75) is 13.0 Å². The van der Waals surface area contributed by atoms with E-state index in [0.29, 0.717) is 15.6 Å². The maximum Gasteiger partial charge on any atom is 0.251 e. The minimum absolute atomic E-state index is 0.103. The number of benzene rings is 2. The first-order chi connectivity index (χ1) is 9.45. The first-order valence-electron chi connectivity index (χ1n) is 5.98. The van der Waals surface area contributed by atoms with Crippen molar-refractivity contribution in [3.05, 3.63) is 68.1 Å². The Morgan fingerprint density at radius 2 is 1.65 bits per heavy atom. The van der Waals surface area contributed by atoms with Gasteiger partial charge in [0.05, 0.1) is 6.04 Å². The molecule has 0 bridgehead atoms. The molecule has 0 radical (unpaired) electrons. The van der Waals surface area contributed by atoms with Crippen molar-refractivity contribution in [2.24, 2.45) is 0 Å². The molecular weight excluding hydrogens is 361 g/mol. The van der Waals surface area contributed by atoms with Crippen LogP contribution in [-0.4, -0.2) is 5.91 Å². The minimum Gasteiger partial charge on any atom is -0.346 e. The quantitative estimate of drug-likeness (QED) is 0.783. The van der Waals surface area contributed by atoms with Gasteiger partial charge in [0.1, 0.15) is 0 Å². The van der Waals surface area contributed by atoms with Gasteiger partial charge in [-0.15, -0.1) is 0 Å². The van der Waals surface area contributed by atoms with E-state index >= 15 is 0 Å². The van der Waals surface area contributed by atoms with E-state index in [0.717, 1.165) is 10.0 Å². The van der Waals surface area contributed by atoms with Crippen LogP contribution in [0.4, 0.5) is 0 Å². The Hall–Kier alpha value is -1.03. The number of nitrogens with one attached hydrogen (secondary N) is 1. The molecule has 2 rings (SSSR count). The van der Waals surface area contributed by atoms with Gasteiger partial charge >= 0.3 is 0 Å². The van der Waals surface area contributed by atoms with Crippen LogP contribution >= 0.6 is 39.1 Å². The fraction of sp³-hybridized carbons (Fsp3) is 0.133. The molecule has 1 N–H and O–H groups in total.